The SMILES string of the molecule is Cc1cc(CCCCBr)on1.Cc1cc(CCCCn2c(=O)c3c(ncn3CC(F)(F)F)n(C)c2=O)on1.Cc1cc(CCCCn2c(=O)c3c(ncn3CC(F)(F)F)n(C)c2=O)on1.Cn1c(=O)[nH]c(=O)c2c1ncn2CC(F)(F)F.Cn1c2c(c(=O)[nH]c1=O)CC=N2.O=S(=O)(OCC(F)(F)F)C(F)(F)F. The van der Waals surface area contributed by atoms with Gasteiger partial charge >= 0.3 is 63.1 Å². The topological polar surface area (TPSA) is 385 Å². The highest BCUT2D eigenvalue weighted by Gasteiger charge is 2.49. The molecule has 0 aliphatic carbocycles. The van der Waals surface area contributed by atoms with E-state index in [1.807, 2.05) is 18.0 Å². The number of H-pyrrole nitrogens is 2. The molecule has 0 saturated heterocycles. The third-order valence-electron chi connectivity index (χ3n) is 14.6. The van der Waals surface area contributed by atoms with Crippen LogP contribution >= 0.6 is 15.9 Å². The summed E-state index contributed by atoms with van der Waals surface area (Å²) in [5.41, 5.74) is -8.85. The normalized spacial score (nSPS) is 12.4. The summed E-state index contributed by atoms with van der Waals surface area (Å²) in [4.78, 5) is 114. The van der Waals surface area contributed by atoms with Crippen molar-refractivity contribution >= 4 is 71.6 Å². The molecule has 0 fully saturated rings. The van der Waals surface area contributed by atoms with Crippen LogP contribution in [0, 0.1) is 20.8 Å². The first kappa shape index (κ1) is 85.7. The molecule has 49 heteroatoms. The molecule has 0 amide bonds. The lowest BCUT2D eigenvalue weighted by molar-refractivity contribution is -0.156. The number of aryl methyl sites for hydroxylation is 9. The van der Waals surface area contributed by atoms with Crippen LogP contribution in [-0.2, 0) is 101 Å². The lowest BCUT2D eigenvalue weighted by Gasteiger charge is -2.11. The number of halogens is 16. The van der Waals surface area contributed by atoms with Crippen LogP contribution < -0.4 is 45.0 Å². The average molecular weight is 1630 g/mol. The highest BCUT2D eigenvalue weighted by Crippen LogP contribution is 2.28. The van der Waals surface area contributed by atoms with Crippen LogP contribution in [0.25, 0.3) is 33.5 Å². The van der Waals surface area contributed by atoms with E-state index in [4.69, 9.17) is 13.6 Å². The second kappa shape index (κ2) is 35.4. The molecule has 10 aromatic rings. The largest absolute Gasteiger partial charge is 0.523 e. The zero-order chi connectivity index (χ0) is 80.1. The number of hydrogen-bond acceptors (Lipinski definition) is 21. The van der Waals surface area contributed by atoms with Crippen LogP contribution in [0.1, 0.15) is 78.5 Å². The monoisotopic (exact) mass is 1630 g/mol. The summed E-state index contributed by atoms with van der Waals surface area (Å²) in [6.45, 7) is -0.788. The number of rotatable bonds is 19. The standard InChI is InChI=1S/2C16H18F3N5O3.C8H12BrNO.C8H7F3N4O2.C7H7N3O2.C3H2F6O3S/c2*1-10-7-11(27-21-10)5-3-4-6-24-14(25)12-13(22(2)15(24)26)20-9-23(12)8-16(17,18)19;1-7-6-8(11-10-7)4-2-3-5-9;1-14-5-4(6(16)13-7(14)17)15(3-12-5)2-8(9,10)11;1-10-5-4(2-3-8-5)6(11)9-7(10)12;4-2(5,6)1-12-13(10,11)3(7,8)9/h2*7,9H,3-6,8H2,1-2H3;6H,2-5H2,1H3;3H,2H2,1H3,(H,13,16,17);3H,2H2,1H3,(H,9,11,12);1H2. The number of nitrogens with one attached hydrogen (secondary N) is 2. The number of aromatic nitrogens is 17. The van der Waals surface area contributed by atoms with Gasteiger partial charge in [0.1, 0.15) is 42.7 Å². The number of aromatic amines is 2. The molecule has 0 saturated carbocycles. The number of alkyl halides is 16. The molecule has 32 nitrogen and oxygen atoms in total. The van der Waals surface area contributed by atoms with E-state index in [-0.39, 0.29) is 52.1 Å². The Hall–Kier alpha value is -10.2. The Bertz CT molecular complexity index is 5210. The summed E-state index contributed by atoms with van der Waals surface area (Å²) in [6.07, 6.45) is -6.97. The van der Waals surface area contributed by atoms with Gasteiger partial charge in [-0.1, -0.05) is 31.4 Å². The fourth-order valence-electron chi connectivity index (χ4n) is 9.74. The second-order valence-corrected chi connectivity index (χ2v) is 25.6. The molecule has 10 aromatic heterocycles. The van der Waals surface area contributed by atoms with E-state index in [1.54, 1.807) is 39.2 Å². The Morgan fingerprint density at radius 2 is 0.860 bits per heavy atom. The Labute approximate surface area is 596 Å². The van der Waals surface area contributed by atoms with Crippen LogP contribution in [0.4, 0.5) is 71.7 Å². The molecule has 0 unspecified atom stereocenters. The molecule has 11 heterocycles. The minimum absolute atomic E-state index is 0.0670. The molecule has 0 atom stereocenters. The predicted molar refractivity (Wildman–Crippen MR) is 350 cm³/mol. The van der Waals surface area contributed by atoms with Gasteiger partial charge in [-0.25, -0.2) is 39.1 Å². The number of nitrogens with zero attached hydrogens (tertiary/aromatic N) is 16. The summed E-state index contributed by atoms with van der Waals surface area (Å²) in [6, 6.07) is 5.59. The van der Waals surface area contributed by atoms with Crippen LogP contribution in [0.2, 0.25) is 0 Å². The fourth-order valence-corrected chi connectivity index (χ4v) is 10.6. The van der Waals surface area contributed by atoms with Crippen molar-refractivity contribution in [2.24, 2.45) is 33.2 Å². The molecule has 11 rings (SSSR count). The van der Waals surface area contributed by atoms with Crippen molar-refractivity contribution in [3.05, 3.63) is 160 Å². The van der Waals surface area contributed by atoms with E-state index in [2.05, 4.69) is 60.5 Å². The molecule has 107 heavy (non-hydrogen) atoms. The highest BCUT2D eigenvalue weighted by atomic mass is 79.9. The van der Waals surface area contributed by atoms with Crippen LogP contribution in [0.15, 0.2) is 94.1 Å². The van der Waals surface area contributed by atoms with Gasteiger partial charge in [-0.3, -0.25) is 60.7 Å². The van der Waals surface area contributed by atoms with Crippen molar-refractivity contribution in [3.8, 4) is 0 Å². The van der Waals surface area contributed by atoms with Crippen molar-refractivity contribution in [2.75, 3.05) is 11.9 Å². The maximum Gasteiger partial charge on any atom is 0.523 e. The zero-order valence-corrected chi connectivity index (χ0v) is 59.3. The van der Waals surface area contributed by atoms with E-state index >= 15 is 0 Å². The second-order valence-electron chi connectivity index (χ2n) is 23.2. The van der Waals surface area contributed by atoms with Crippen molar-refractivity contribution in [1.29, 1.82) is 0 Å². The zero-order valence-electron chi connectivity index (χ0n) is 56.9. The van der Waals surface area contributed by atoms with Crippen molar-refractivity contribution in [1.82, 2.24) is 81.5 Å². The average Bonchev–Trinajstić information content (AvgIpc) is 1.66. The predicted octanol–water partition coefficient (Wildman–Crippen LogP) is 6.99. The van der Waals surface area contributed by atoms with Crippen molar-refractivity contribution in [2.45, 2.75) is 148 Å². The summed E-state index contributed by atoms with van der Waals surface area (Å²) >= 11 is 3.38. The first-order valence-corrected chi connectivity index (χ1v) is 33.5. The Morgan fingerprint density at radius 3 is 1.21 bits per heavy atom. The summed E-state index contributed by atoms with van der Waals surface area (Å²) in [7, 11) is -0.501. The first-order valence-electron chi connectivity index (χ1n) is 31.0. The van der Waals surface area contributed by atoms with Crippen LogP contribution in [0.5, 0.6) is 0 Å². The third kappa shape index (κ3) is 23.9. The number of fused-ring (bicyclic) bond motifs is 4. The molecule has 1 aliphatic rings. The van der Waals surface area contributed by atoms with Gasteiger partial charge in [-0.2, -0.15) is 74.3 Å². The van der Waals surface area contributed by atoms with Gasteiger partial charge in [0.15, 0.2) is 40.1 Å². The van der Waals surface area contributed by atoms with Gasteiger partial charge in [0, 0.05) is 96.7 Å². The first-order chi connectivity index (χ1) is 49.6. The fraction of sp³-hybridized carbons (Fsp3) is 0.500. The molecule has 2 N–H and O–H groups in total. The molecule has 0 radical (unpaired) electrons. The lowest BCUT2D eigenvalue weighted by atomic mass is 10.2. The molecule has 1 aliphatic heterocycles. The summed E-state index contributed by atoms with van der Waals surface area (Å²) < 4.78 is 227. The quantitative estimate of drug-likeness (QED) is 0.0271. The molecule has 0 spiro atoms. The summed E-state index contributed by atoms with van der Waals surface area (Å²) in [5, 5.41) is 12.4. The third-order valence-corrected chi connectivity index (χ3v) is 16.2. The van der Waals surface area contributed by atoms with Gasteiger partial charge in [0.2, 0.25) is 0 Å². The minimum atomic E-state index is -6.15. The maximum absolute atomic E-state index is 12.7. The Balaban J connectivity index is 0.000000209. The number of imidazole rings is 3. The van der Waals surface area contributed by atoms with Crippen LogP contribution in [-0.4, -0.2) is 138 Å². The van der Waals surface area contributed by atoms with Crippen LogP contribution in [0.3, 0.4) is 0 Å². The molecule has 0 aromatic carbocycles. The van der Waals surface area contributed by atoms with E-state index in [0.29, 0.717) is 72.4 Å². The lowest BCUT2D eigenvalue weighted by Crippen LogP contribution is -2.40. The van der Waals surface area contributed by atoms with Crippen molar-refractivity contribution < 1.29 is 92.0 Å². The van der Waals surface area contributed by atoms with Gasteiger partial charge in [-0.05, 0) is 59.3 Å². The van der Waals surface area contributed by atoms with E-state index in [9.17, 15) is 113 Å². The smallest absolute Gasteiger partial charge is 0.361 e. The highest BCUT2D eigenvalue weighted by molar-refractivity contribution is 9.09. The van der Waals surface area contributed by atoms with Gasteiger partial charge in [-0.15, -0.1) is 0 Å². The molecular formula is C58H64BrF15N18O14S. The maximum atomic E-state index is 12.7. The molecule has 588 valence electrons. The van der Waals surface area contributed by atoms with Gasteiger partial charge < -0.3 is 27.3 Å². The Kier molecular flexibility index (Phi) is 28.4. The summed E-state index contributed by atoms with van der Waals surface area (Å²) in [5.74, 6) is 2.88. The van der Waals surface area contributed by atoms with Crippen molar-refractivity contribution in [3.63, 3.8) is 0 Å². The number of aliphatic imine (C=N–C) groups is 1. The van der Waals surface area contributed by atoms with E-state index < -0.39 is 106 Å². The number of unbranched alkanes of at least 4 members (excludes halogenated alkanes) is 3. The van der Waals surface area contributed by atoms with Gasteiger partial charge in [0.25, 0.3) is 22.2 Å². The molecular weight excluding hydrogens is 1570 g/mol. The van der Waals surface area contributed by atoms with E-state index in [0.717, 1.165) is 85.5 Å². The van der Waals surface area contributed by atoms with Gasteiger partial charge in [0.05, 0.1) is 41.6 Å². The molecule has 0 bridgehead atoms. The minimum Gasteiger partial charge on any atom is -0.361 e. The van der Waals surface area contributed by atoms with E-state index in [1.165, 1.54) is 38.6 Å². The number of hydrogen-bond donors (Lipinski definition) is 2. The Morgan fingerprint density at radius 1 is 0.495 bits per heavy atom.